The predicted octanol–water partition coefficient (Wildman–Crippen LogP) is 5.92. The van der Waals surface area contributed by atoms with Crippen LogP contribution in [0.3, 0.4) is 0 Å². The largest absolute Gasteiger partial charge is 0.469 e. The molecule has 4 amide bonds. The molecule has 0 saturated carbocycles. The molecular weight excluding hydrogens is 1080 g/mol. The molecule has 420 valence electrons. The van der Waals surface area contributed by atoms with Gasteiger partial charge in [-0.15, -0.1) is 0 Å². The molecule has 1 saturated heterocycles. The summed E-state index contributed by atoms with van der Waals surface area (Å²) < 4.78 is 44.0. The van der Waals surface area contributed by atoms with Gasteiger partial charge in [-0.05, 0) is 86.1 Å². The maximum atomic E-state index is 13.9. The molecule has 2 heterocycles. The van der Waals surface area contributed by atoms with Gasteiger partial charge in [0.2, 0.25) is 17.7 Å². The minimum absolute atomic E-state index is 0.0596. The van der Waals surface area contributed by atoms with Crippen molar-refractivity contribution < 1.29 is 76.1 Å². The number of esters is 2. The first-order valence-corrected chi connectivity index (χ1v) is 28.9. The van der Waals surface area contributed by atoms with E-state index in [9.17, 15) is 38.1 Å². The van der Waals surface area contributed by atoms with Gasteiger partial charge in [-0.2, -0.15) is 0 Å². The van der Waals surface area contributed by atoms with E-state index < -0.39 is 85.8 Å². The van der Waals surface area contributed by atoms with E-state index >= 15 is 0 Å². The first-order chi connectivity index (χ1) is 36.4. The van der Waals surface area contributed by atoms with Gasteiger partial charge in [-0.25, -0.2) is 14.2 Å². The van der Waals surface area contributed by atoms with E-state index in [0.717, 1.165) is 16.0 Å². The SMILES string of the molecule is CC(=O)COCCc1cc(COC(=O)Nc2ccc(CC3NC(=O)/C=C/C(C(C)C4OC4c4ccccc4)OC(=O)C(CC(C)C)OC(=O)C(C)(C)CNC3=O)cc2Cl)ccc1SSCC(N)C(=O)NCCOP(=O)(O)O. The highest BCUT2D eigenvalue weighted by Gasteiger charge is 2.48. The molecule has 2 aliphatic heterocycles. The number of Topliss-reactive ketones (excluding diaryl/α,β-unsaturated/α-hetero) is 1. The van der Waals surface area contributed by atoms with Crippen LogP contribution in [0.5, 0.6) is 0 Å². The van der Waals surface area contributed by atoms with Crippen LogP contribution < -0.4 is 27.0 Å². The van der Waals surface area contributed by atoms with E-state index in [1.165, 1.54) is 52.8 Å². The monoisotopic (exact) mass is 1150 g/mol. The molecule has 2 aliphatic rings. The van der Waals surface area contributed by atoms with E-state index in [0.29, 0.717) is 17.5 Å². The highest BCUT2D eigenvalue weighted by atomic mass is 35.5. The molecule has 77 heavy (non-hydrogen) atoms. The standard InChI is InChI=1S/C52H67ClN5O16PS2/c1-30(2)22-42-49(63)72-41(32(4)45-46(74-45)35-10-8-7-9-11-35)15-17-44(60)57-40(48(62)56-29-52(5,6)50(64)73-42)25-33-12-14-39(37(53)24-33)58-51(65)70-27-34-13-16-43(36(23-34)18-20-69-26-31(3)59)77-76-28-38(54)47(61)55-19-21-71-75(66,67)68/h7-17,23-24,30,32,38,40-42,45-46H,18-22,25-29,54H2,1-6H3,(H,55,61)(H,56,62)(H,57,60)(H,58,65)(H2,66,67,68)/b17-15+. The first kappa shape index (κ1) is 62.5. The fourth-order valence-corrected chi connectivity index (χ4v) is 10.6. The van der Waals surface area contributed by atoms with Crippen LogP contribution in [0, 0.1) is 17.3 Å². The normalized spacial score (nSPS) is 21.2. The smallest absolute Gasteiger partial charge is 0.455 e. The predicted molar refractivity (Wildman–Crippen MR) is 288 cm³/mol. The number of phosphoric ester groups is 1. The number of hydrogen-bond acceptors (Lipinski definition) is 17. The topological polar surface area (TPSA) is 310 Å². The molecule has 0 radical (unpaired) electrons. The van der Waals surface area contributed by atoms with Gasteiger partial charge >= 0.3 is 25.9 Å². The second kappa shape index (κ2) is 29.6. The Hall–Kier alpha value is -5.33. The summed E-state index contributed by atoms with van der Waals surface area (Å²) in [6.07, 6.45) is -0.597. The highest BCUT2D eigenvalue weighted by Crippen LogP contribution is 2.45. The summed E-state index contributed by atoms with van der Waals surface area (Å²) in [7, 11) is -2.04. The Morgan fingerprint density at radius 3 is 2.40 bits per heavy atom. The van der Waals surface area contributed by atoms with Crippen molar-refractivity contribution in [1.82, 2.24) is 16.0 Å². The number of amides is 4. The number of benzene rings is 3. The number of halogens is 1. The number of anilines is 1. The lowest BCUT2D eigenvalue weighted by atomic mass is 9.93. The molecule has 21 nitrogen and oxygen atoms in total. The van der Waals surface area contributed by atoms with Crippen molar-refractivity contribution in [3.63, 3.8) is 0 Å². The number of nitrogens with two attached hydrogens (primary N) is 1. The van der Waals surface area contributed by atoms with E-state index in [1.807, 2.05) is 57.2 Å². The van der Waals surface area contributed by atoms with Crippen molar-refractivity contribution in [2.75, 3.05) is 44.0 Å². The van der Waals surface area contributed by atoms with Gasteiger partial charge in [0.15, 0.2) is 11.9 Å². The molecular formula is C52H67ClN5O16PS2. The number of nitrogens with one attached hydrogen (secondary N) is 4. The molecule has 0 bridgehead atoms. The Morgan fingerprint density at radius 2 is 1.71 bits per heavy atom. The van der Waals surface area contributed by atoms with Crippen LogP contribution in [-0.2, 0) is 81.0 Å². The number of ether oxygens (including phenoxy) is 5. The van der Waals surface area contributed by atoms with Crippen molar-refractivity contribution in [2.24, 2.45) is 23.0 Å². The van der Waals surface area contributed by atoms with Crippen LogP contribution in [0.4, 0.5) is 10.5 Å². The van der Waals surface area contributed by atoms with Crippen molar-refractivity contribution in [3.05, 3.63) is 106 Å². The molecule has 5 rings (SSSR count). The van der Waals surface area contributed by atoms with Gasteiger partial charge in [0, 0.05) is 42.2 Å². The number of hydrogen-bond donors (Lipinski definition) is 7. The van der Waals surface area contributed by atoms with Gasteiger partial charge in [0.1, 0.15) is 31.5 Å². The van der Waals surface area contributed by atoms with Crippen LogP contribution in [0.25, 0.3) is 0 Å². The summed E-state index contributed by atoms with van der Waals surface area (Å²) in [5.74, 6) is -3.80. The molecule has 25 heteroatoms. The Labute approximate surface area is 460 Å². The summed E-state index contributed by atoms with van der Waals surface area (Å²) in [4.78, 5) is 110. The van der Waals surface area contributed by atoms with Crippen molar-refractivity contribution in [1.29, 1.82) is 0 Å². The molecule has 0 aromatic heterocycles. The Kier molecular flexibility index (Phi) is 24.0. The van der Waals surface area contributed by atoms with E-state index in [-0.39, 0.29) is 86.1 Å². The summed E-state index contributed by atoms with van der Waals surface area (Å²) in [5, 5.41) is 10.7. The molecule has 3 aromatic rings. The maximum Gasteiger partial charge on any atom is 0.469 e. The average Bonchev–Trinajstić information content (AvgIpc) is 4.20. The van der Waals surface area contributed by atoms with Crippen molar-refractivity contribution in [3.8, 4) is 0 Å². The van der Waals surface area contributed by atoms with Crippen LogP contribution in [0.1, 0.15) is 76.3 Å². The average molecular weight is 1150 g/mol. The number of ketones is 1. The summed E-state index contributed by atoms with van der Waals surface area (Å²) >= 11 is 6.67. The van der Waals surface area contributed by atoms with E-state index in [1.54, 1.807) is 32.0 Å². The quantitative estimate of drug-likeness (QED) is 0.0137. The highest BCUT2D eigenvalue weighted by molar-refractivity contribution is 8.76. The molecule has 7 atom stereocenters. The first-order valence-electron chi connectivity index (χ1n) is 24.7. The van der Waals surface area contributed by atoms with Gasteiger partial charge in [0.25, 0.3) is 0 Å². The number of carbonyl (C=O) groups excluding carboxylic acids is 7. The van der Waals surface area contributed by atoms with Crippen LogP contribution in [0.15, 0.2) is 83.8 Å². The number of carbonyl (C=O) groups is 7. The lowest BCUT2D eigenvalue weighted by molar-refractivity contribution is -0.177. The Morgan fingerprint density at radius 1 is 0.987 bits per heavy atom. The molecule has 3 aromatic carbocycles. The van der Waals surface area contributed by atoms with Crippen LogP contribution >= 0.6 is 41.0 Å². The summed E-state index contributed by atoms with van der Waals surface area (Å²) in [6.45, 7) is 9.37. The summed E-state index contributed by atoms with van der Waals surface area (Å²) in [5.41, 5.74) is 7.75. The minimum Gasteiger partial charge on any atom is -0.455 e. The van der Waals surface area contributed by atoms with Gasteiger partial charge in [-0.1, -0.05) is 102 Å². The van der Waals surface area contributed by atoms with E-state index in [2.05, 4.69) is 25.8 Å². The lowest BCUT2D eigenvalue weighted by Crippen LogP contribution is -2.50. The molecule has 0 spiro atoms. The molecule has 8 N–H and O–H groups in total. The van der Waals surface area contributed by atoms with E-state index in [4.69, 9.17) is 50.8 Å². The maximum absolute atomic E-state index is 13.9. The number of rotatable bonds is 24. The van der Waals surface area contributed by atoms with Crippen LogP contribution in [0.2, 0.25) is 5.02 Å². The minimum atomic E-state index is -4.67. The molecule has 1 fully saturated rings. The summed E-state index contributed by atoms with van der Waals surface area (Å²) in [6, 6.07) is 17.4. The van der Waals surface area contributed by atoms with Gasteiger partial charge in [-0.3, -0.25) is 33.8 Å². The Bertz CT molecular complexity index is 2640. The van der Waals surface area contributed by atoms with Crippen LogP contribution in [-0.4, -0.2) is 120 Å². The second-order valence-electron chi connectivity index (χ2n) is 19.5. The third-order valence-electron chi connectivity index (χ3n) is 11.9. The van der Waals surface area contributed by atoms with Gasteiger partial charge < -0.3 is 55.2 Å². The van der Waals surface area contributed by atoms with Gasteiger partial charge in [0.05, 0.1) is 41.5 Å². The number of cyclic esters (lactones) is 2. The molecule has 7 unspecified atom stereocenters. The number of epoxide rings is 1. The third kappa shape index (κ3) is 21.1. The van der Waals surface area contributed by atoms with Crippen molar-refractivity contribution in [2.45, 2.75) is 109 Å². The second-order valence-corrected chi connectivity index (χ2v) is 23.5. The Balaban J connectivity index is 1.24. The fourth-order valence-electron chi connectivity index (χ4n) is 7.61. The van der Waals surface area contributed by atoms with Crippen molar-refractivity contribution >= 4 is 88.2 Å². The number of phosphoric acid groups is 1. The molecule has 0 aliphatic carbocycles. The fraction of sp³-hybridized carbons (Fsp3) is 0.481. The lowest BCUT2D eigenvalue weighted by Gasteiger charge is -2.28. The zero-order valence-corrected chi connectivity index (χ0v) is 46.8. The zero-order chi connectivity index (χ0) is 56.5. The third-order valence-corrected chi connectivity index (χ3v) is 15.2. The zero-order valence-electron chi connectivity index (χ0n) is 43.5.